The van der Waals surface area contributed by atoms with Crippen molar-refractivity contribution in [2.75, 3.05) is 5.75 Å². The van der Waals surface area contributed by atoms with Crippen molar-refractivity contribution in [3.63, 3.8) is 0 Å². The highest BCUT2D eigenvalue weighted by Gasteiger charge is 2.12. The molecule has 20 heavy (non-hydrogen) atoms. The number of hydrogen-bond donors (Lipinski definition) is 1. The lowest BCUT2D eigenvalue weighted by atomic mass is 10.3. The first-order valence-electron chi connectivity index (χ1n) is 6.29. The highest BCUT2D eigenvalue weighted by Crippen LogP contribution is 2.24. The molecule has 1 N–H and O–H groups in total. The van der Waals surface area contributed by atoms with Gasteiger partial charge in [-0.1, -0.05) is 31.2 Å². The van der Waals surface area contributed by atoms with Gasteiger partial charge in [-0.3, -0.25) is 4.79 Å². The van der Waals surface area contributed by atoms with Crippen molar-refractivity contribution in [1.82, 2.24) is 9.78 Å². The molecule has 106 valence electrons. The van der Waals surface area contributed by atoms with Crippen LogP contribution in [0.1, 0.15) is 19.0 Å². The van der Waals surface area contributed by atoms with E-state index in [0.29, 0.717) is 10.7 Å². The minimum Gasteiger partial charge on any atom is -0.481 e. The van der Waals surface area contributed by atoms with Crippen molar-refractivity contribution in [3.8, 4) is 5.69 Å². The minimum absolute atomic E-state index is 0.0490. The van der Waals surface area contributed by atoms with Gasteiger partial charge in [0, 0.05) is 0 Å². The summed E-state index contributed by atoms with van der Waals surface area (Å²) in [5.74, 6) is -1.28. The van der Waals surface area contributed by atoms with E-state index in [1.807, 2.05) is 13.0 Å². The quantitative estimate of drug-likeness (QED) is 0.832. The summed E-state index contributed by atoms with van der Waals surface area (Å²) in [4.78, 5) is 10.7. The predicted octanol–water partition coefficient (Wildman–Crippen LogP) is 3.14. The van der Waals surface area contributed by atoms with E-state index >= 15 is 0 Å². The number of hydrogen-bond acceptors (Lipinski definition) is 3. The molecule has 2 aromatic rings. The SMILES string of the molecule is CCCc1cc(SCC(=O)O)n(-c2cccc(F)c2)n1. The fraction of sp³-hybridized carbons (Fsp3) is 0.286. The lowest BCUT2D eigenvalue weighted by molar-refractivity contribution is -0.133. The highest BCUT2D eigenvalue weighted by molar-refractivity contribution is 7.99. The fourth-order valence-corrected chi connectivity index (χ4v) is 2.58. The number of carbonyl (C=O) groups is 1. The maximum absolute atomic E-state index is 13.3. The summed E-state index contributed by atoms with van der Waals surface area (Å²) in [7, 11) is 0. The summed E-state index contributed by atoms with van der Waals surface area (Å²) in [5.41, 5.74) is 1.48. The largest absolute Gasteiger partial charge is 0.481 e. The molecule has 0 atom stereocenters. The van der Waals surface area contributed by atoms with E-state index in [1.165, 1.54) is 23.9 Å². The Bertz CT molecular complexity index is 613. The third-order valence-corrected chi connectivity index (χ3v) is 3.61. The van der Waals surface area contributed by atoms with E-state index in [1.54, 1.807) is 16.8 Å². The number of carboxylic acid groups (broad SMARTS) is 1. The van der Waals surface area contributed by atoms with E-state index in [2.05, 4.69) is 5.10 Å². The summed E-state index contributed by atoms with van der Waals surface area (Å²) in [6.45, 7) is 2.05. The molecular formula is C14H15FN2O2S. The Balaban J connectivity index is 2.35. The van der Waals surface area contributed by atoms with Crippen LogP contribution in [0.15, 0.2) is 35.4 Å². The zero-order valence-corrected chi connectivity index (χ0v) is 11.9. The van der Waals surface area contributed by atoms with Gasteiger partial charge in [0.2, 0.25) is 0 Å². The standard InChI is InChI=1S/C14H15FN2O2S/c1-2-4-11-8-13(20-9-14(18)19)17(16-11)12-6-3-5-10(15)7-12/h3,5-8H,2,4,9H2,1H3,(H,18,19). The molecule has 0 aliphatic heterocycles. The molecule has 0 aliphatic carbocycles. The second-order valence-corrected chi connectivity index (χ2v) is 5.29. The molecule has 0 amide bonds. The van der Waals surface area contributed by atoms with E-state index in [9.17, 15) is 9.18 Å². The first-order chi connectivity index (χ1) is 9.60. The average Bonchev–Trinajstić information content (AvgIpc) is 2.80. The lowest BCUT2D eigenvalue weighted by Gasteiger charge is -2.06. The summed E-state index contributed by atoms with van der Waals surface area (Å²) >= 11 is 1.18. The van der Waals surface area contributed by atoms with E-state index in [0.717, 1.165) is 18.5 Å². The van der Waals surface area contributed by atoms with Crippen LogP contribution in [-0.4, -0.2) is 26.6 Å². The molecule has 0 unspecified atom stereocenters. The topological polar surface area (TPSA) is 55.1 Å². The second kappa shape index (κ2) is 6.56. The monoisotopic (exact) mass is 294 g/mol. The normalized spacial score (nSPS) is 10.7. The summed E-state index contributed by atoms with van der Waals surface area (Å²) < 4.78 is 14.9. The van der Waals surface area contributed by atoms with Gasteiger partial charge in [-0.05, 0) is 30.7 Å². The summed E-state index contributed by atoms with van der Waals surface area (Å²) in [6.07, 6.45) is 1.76. The molecule has 1 heterocycles. The van der Waals surface area contributed by atoms with E-state index in [4.69, 9.17) is 5.11 Å². The third kappa shape index (κ3) is 3.60. The Labute approximate surface area is 120 Å². The molecule has 4 nitrogen and oxygen atoms in total. The minimum atomic E-state index is -0.890. The van der Waals surface area contributed by atoms with Crippen LogP contribution in [0.25, 0.3) is 5.69 Å². The van der Waals surface area contributed by atoms with Crippen LogP contribution in [0.5, 0.6) is 0 Å². The summed E-state index contributed by atoms with van der Waals surface area (Å²) in [6, 6.07) is 7.97. The predicted molar refractivity (Wildman–Crippen MR) is 75.9 cm³/mol. The van der Waals surface area contributed by atoms with E-state index in [-0.39, 0.29) is 11.6 Å². The van der Waals surface area contributed by atoms with Crippen molar-refractivity contribution in [2.24, 2.45) is 0 Å². The molecule has 0 spiro atoms. The maximum Gasteiger partial charge on any atom is 0.313 e. The Morgan fingerprint density at radius 1 is 1.45 bits per heavy atom. The number of aromatic nitrogens is 2. The van der Waals surface area contributed by atoms with Crippen LogP contribution in [0.2, 0.25) is 0 Å². The van der Waals surface area contributed by atoms with Crippen molar-refractivity contribution in [3.05, 3.63) is 41.8 Å². The van der Waals surface area contributed by atoms with Gasteiger partial charge in [0.15, 0.2) is 0 Å². The molecule has 0 fully saturated rings. The Morgan fingerprint density at radius 2 is 2.25 bits per heavy atom. The van der Waals surface area contributed by atoms with Crippen molar-refractivity contribution in [2.45, 2.75) is 24.8 Å². The smallest absolute Gasteiger partial charge is 0.313 e. The van der Waals surface area contributed by atoms with Gasteiger partial charge in [0.05, 0.1) is 17.1 Å². The van der Waals surface area contributed by atoms with Gasteiger partial charge in [-0.2, -0.15) is 5.10 Å². The van der Waals surface area contributed by atoms with Gasteiger partial charge in [-0.15, -0.1) is 0 Å². The average molecular weight is 294 g/mol. The van der Waals surface area contributed by atoms with Crippen LogP contribution < -0.4 is 0 Å². The lowest BCUT2D eigenvalue weighted by Crippen LogP contribution is -2.02. The first-order valence-corrected chi connectivity index (χ1v) is 7.28. The molecule has 1 aromatic carbocycles. The van der Waals surface area contributed by atoms with Crippen LogP contribution in [0, 0.1) is 5.82 Å². The molecule has 0 saturated heterocycles. The number of nitrogens with zero attached hydrogens (tertiary/aromatic N) is 2. The van der Waals surface area contributed by atoms with Crippen molar-refractivity contribution >= 4 is 17.7 Å². The third-order valence-electron chi connectivity index (χ3n) is 2.63. The number of benzene rings is 1. The van der Waals surface area contributed by atoms with Crippen LogP contribution in [0.3, 0.4) is 0 Å². The van der Waals surface area contributed by atoms with Crippen LogP contribution >= 0.6 is 11.8 Å². The highest BCUT2D eigenvalue weighted by atomic mass is 32.2. The number of carboxylic acids is 1. The number of halogens is 1. The number of aryl methyl sites for hydroxylation is 1. The zero-order chi connectivity index (χ0) is 14.5. The van der Waals surface area contributed by atoms with Gasteiger partial charge in [-0.25, -0.2) is 9.07 Å². The zero-order valence-electron chi connectivity index (χ0n) is 11.0. The Morgan fingerprint density at radius 3 is 2.90 bits per heavy atom. The van der Waals surface area contributed by atoms with Crippen LogP contribution in [0.4, 0.5) is 4.39 Å². The molecule has 1 aromatic heterocycles. The van der Waals surface area contributed by atoms with Gasteiger partial charge in [0.25, 0.3) is 0 Å². The molecule has 6 heteroatoms. The van der Waals surface area contributed by atoms with Crippen molar-refractivity contribution < 1.29 is 14.3 Å². The van der Waals surface area contributed by atoms with Crippen molar-refractivity contribution in [1.29, 1.82) is 0 Å². The number of thioether (sulfide) groups is 1. The van der Waals surface area contributed by atoms with Gasteiger partial charge >= 0.3 is 5.97 Å². The fourth-order valence-electron chi connectivity index (χ4n) is 1.82. The number of rotatable bonds is 6. The first kappa shape index (κ1) is 14.6. The molecule has 0 radical (unpaired) electrons. The molecular weight excluding hydrogens is 279 g/mol. The Hall–Kier alpha value is -1.82. The second-order valence-electron chi connectivity index (χ2n) is 4.30. The molecule has 0 saturated carbocycles. The molecule has 2 rings (SSSR count). The molecule has 0 aliphatic rings. The van der Waals surface area contributed by atoms with Crippen LogP contribution in [-0.2, 0) is 11.2 Å². The number of aliphatic carboxylic acids is 1. The molecule has 0 bridgehead atoms. The van der Waals surface area contributed by atoms with Gasteiger partial charge in [0.1, 0.15) is 10.8 Å². The maximum atomic E-state index is 13.3. The van der Waals surface area contributed by atoms with Gasteiger partial charge < -0.3 is 5.11 Å². The van der Waals surface area contributed by atoms with E-state index < -0.39 is 5.97 Å². The Kier molecular flexibility index (Phi) is 4.79. The summed E-state index contributed by atoms with van der Waals surface area (Å²) in [5, 5.41) is 13.9.